The van der Waals surface area contributed by atoms with Crippen molar-refractivity contribution < 1.29 is 14.7 Å². The molecule has 1 saturated heterocycles. The number of rotatable bonds is 4. The Kier molecular flexibility index (Phi) is 5.42. The molecule has 1 aromatic rings. The highest BCUT2D eigenvalue weighted by Crippen LogP contribution is 2.22. The summed E-state index contributed by atoms with van der Waals surface area (Å²) in [6, 6.07) is 3.88. The van der Waals surface area contributed by atoms with E-state index in [0.29, 0.717) is 19.6 Å². The molecule has 0 bridgehead atoms. The number of carboxylic acids is 1. The molecule has 0 spiro atoms. The van der Waals surface area contributed by atoms with Crippen LogP contribution >= 0.6 is 27.3 Å². The van der Waals surface area contributed by atoms with E-state index in [1.807, 2.05) is 12.1 Å². The van der Waals surface area contributed by atoms with Crippen molar-refractivity contribution in [2.75, 3.05) is 13.1 Å². The smallest absolute Gasteiger partial charge is 0.317 e. The van der Waals surface area contributed by atoms with Crippen LogP contribution in [0.1, 0.15) is 24.1 Å². The van der Waals surface area contributed by atoms with Gasteiger partial charge in [0.2, 0.25) is 0 Å². The van der Waals surface area contributed by atoms with Gasteiger partial charge in [-0.15, -0.1) is 11.3 Å². The minimum atomic E-state index is -0.754. The number of halogens is 1. The molecular formula is C13H17BrN2O3S. The molecule has 110 valence electrons. The van der Waals surface area contributed by atoms with Gasteiger partial charge in [0, 0.05) is 24.4 Å². The van der Waals surface area contributed by atoms with Gasteiger partial charge in [-0.25, -0.2) is 4.79 Å². The van der Waals surface area contributed by atoms with E-state index in [1.165, 1.54) is 0 Å². The number of carbonyl (C=O) groups excluding carboxylic acids is 1. The van der Waals surface area contributed by atoms with Gasteiger partial charge < -0.3 is 15.3 Å². The summed E-state index contributed by atoms with van der Waals surface area (Å²) in [5, 5.41) is 11.7. The van der Waals surface area contributed by atoms with Crippen LogP contribution in [0, 0.1) is 5.92 Å². The van der Waals surface area contributed by atoms with Crippen molar-refractivity contribution >= 4 is 39.3 Å². The highest BCUT2D eigenvalue weighted by atomic mass is 79.9. The maximum absolute atomic E-state index is 12.0. The van der Waals surface area contributed by atoms with Gasteiger partial charge in [0.25, 0.3) is 0 Å². The topological polar surface area (TPSA) is 69.6 Å². The number of aliphatic carboxylic acids is 1. The number of nitrogens with zero attached hydrogens (tertiary/aromatic N) is 1. The molecule has 1 aromatic heterocycles. The van der Waals surface area contributed by atoms with Crippen molar-refractivity contribution in [3.05, 3.63) is 20.8 Å². The zero-order valence-corrected chi connectivity index (χ0v) is 13.4. The zero-order chi connectivity index (χ0) is 14.5. The van der Waals surface area contributed by atoms with E-state index in [1.54, 1.807) is 16.2 Å². The van der Waals surface area contributed by atoms with Crippen LogP contribution in [0.15, 0.2) is 15.9 Å². The van der Waals surface area contributed by atoms with Gasteiger partial charge in [-0.2, -0.15) is 0 Å². The molecule has 20 heavy (non-hydrogen) atoms. The largest absolute Gasteiger partial charge is 0.481 e. The highest BCUT2D eigenvalue weighted by Gasteiger charge is 2.24. The molecule has 0 unspecified atom stereocenters. The van der Waals surface area contributed by atoms with Crippen LogP contribution in [0.25, 0.3) is 0 Å². The van der Waals surface area contributed by atoms with Crippen LogP contribution in [0.5, 0.6) is 0 Å². The molecule has 0 aromatic carbocycles. The molecule has 2 rings (SSSR count). The lowest BCUT2D eigenvalue weighted by Crippen LogP contribution is -2.44. The summed E-state index contributed by atoms with van der Waals surface area (Å²) in [6.07, 6.45) is 1.74. The third-order valence-corrected chi connectivity index (χ3v) is 5.03. The van der Waals surface area contributed by atoms with Gasteiger partial charge in [0.15, 0.2) is 0 Å². The number of hydrogen-bond acceptors (Lipinski definition) is 3. The van der Waals surface area contributed by atoms with E-state index in [9.17, 15) is 9.59 Å². The first kappa shape index (κ1) is 15.3. The Balaban J connectivity index is 1.73. The van der Waals surface area contributed by atoms with Crippen molar-refractivity contribution in [1.29, 1.82) is 0 Å². The fraction of sp³-hybridized carbons (Fsp3) is 0.538. The molecule has 1 aliphatic heterocycles. The number of nitrogens with one attached hydrogen (secondary N) is 1. The van der Waals surface area contributed by atoms with Gasteiger partial charge >= 0.3 is 12.0 Å². The lowest BCUT2D eigenvalue weighted by Gasteiger charge is -2.31. The van der Waals surface area contributed by atoms with Crippen LogP contribution in [0.4, 0.5) is 4.79 Å². The number of urea groups is 1. The summed E-state index contributed by atoms with van der Waals surface area (Å²) in [4.78, 5) is 25.5. The van der Waals surface area contributed by atoms with E-state index in [4.69, 9.17) is 5.11 Å². The van der Waals surface area contributed by atoms with Crippen LogP contribution in [0.2, 0.25) is 0 Å². The monoisotopic (exact) mass is 360 g/mol. The van der Waals surface area contributed by atoms with E-state index < -0.39 is 5.97 Å². The van der Waals surface area contributed by atoms with Crippen molar-refractivity contribution in [1.82, 2.24) is 10.2 Å². The van der Waals surface area contributed by atoms with E-state index in [2.05, 4.69) is 21.2 Å². The Morgan fingerprint density at radius 1 is 1.40 bits per heavy atom. The molecule has 0 saturated carbocycles. The van der Waals surface area contributed by atoms with Crippen molar-refractivity contribution in [3.63, 3.8) is 0 Å². The first-order valence-electron chi connectivity index (χ1n) is 6.53. The average molecular weight is 361 g/mol. The SMILES string of the molecule is O=C(O)CC1CCN(C(=O)NCc2ccc(Br)s2)CC1. The standard InChI is InChI=1S/C13H17BrN2O3S/c14-11-2-1-10(20-11)8-15-13(19)16-5-3-9(4-6-16)7-12(17)18/h1-2,9H,3-8H2,(H,15,19)(H,17,18). The fourth-order valence-electron chi connectivity index (χ4n) is 2.31. The predicted octanol–water partition coefficient (Wildman–Crippen LogP) is 2.91. The summed E-state index contributed by atoms with van der Waals surface area (Å²) in [6.45, 7) is 1.81. The Labute approximate surface area is 130 Å². The van der Waals surface area contributed by atoms with Crippen LogP contribution in [-0.2, 0) is 11.3 Å². The molecule has 1 aliphatic rings. The Bertz CT molecular complexity index is 484. The number of hydrogen-bond donors (Lipinski definition) is 2. The minimum absolute atomic E-state index is 0.0664. The third kappa shape index (κ3) is 4.49. The van der Waals surface area contributed by atoms with E-state index in [-0.39, 0.29) is 18.4 Å². The lowest BCUT2D eigenvalue weighted by atomic mass is 9.94. The van der Waals surface area contributed by atoms with Gasteiger partial charge in [0.1, 0.15) is 0 Å². The summed E-state index contributed by atoms with van der Waals surface area (Å²) in [5.74, 6) is -0.555. The van der Waals surface area contributed by atoms with Crippen LogP contribution in [-0.4, -0.2) is 35.1 Å². The molecule has 2 amide bonds. The van der Waals surface area contributed by atoms with Gasteiger partial charge in [0.05, 0.1) is 10.3 Å². The lowest BCUT2D eigenvalue weighted by molar-refractivity contribution is -0.138. The molecule has 7 heteroatoms. The van der Waals surface area contributed by atoms with E-state index >= 15 is 0 Å². The zero-order valence-electron chi connectivity index (χ0n) is 11.0. The Morgan fingerprint density at radius 2 is 2.10 bits per heavy atom. The second-order valence-corrected chi connectivity index (χ2v) is 7.44. The van der Waals surface area contributed by atoms with Gasteiger partial charge in [-0.1, -0.05) is 0 Å². The molecule has 0 aliphatic carbocycles. The number of amides is 2. The maximum Gasteiger partial charge on any atom is 0.317 e. The summed E-state index contributed by atoms with van der Waals surface area (Å²) in [5.41, 5.74) is 0. The maximum atomic E-state index is 12.0. The number of piperidine rings is 1. The number of thiophene rings is 1. The first-order valence-corrected chi connectivity index (χ1v) is 8.14. The van der Waals surface area contributed by atoms with Crippen LogP contribution in [0.3, 0.4) is 0 Å². The molecule has 0 radical (unpaired) electrons. The molecular weight excluding hydrogens is 344 g/mol. The highest BCUT2D eigenvalue weighted by molar-refractivity contribution is 9.11. The predicted molar refractivity (Wildman–Crippen MR) is 80.8 cm³/mol. The molecule has 5 nitrogen and oxygen atoms in total. The molecule has 2 N–H and O–H groups in total. The Hall–Kier alpha value is -1.08. The molecule has 2 heterocycles. The number of carboxylic acid groups (broad SMARTS) is 1. The summed E-state index contributed by atoms with van der Waals surface area (Å²) >= 11 is 4.99. The number of likely N-dealkylation sites (tertiary alicyclic amines) is 1. The fourth-order valence-corrected chi connectivity index (χ4v) is 3.73. The van der Waals surface area contributed by atoms with Gasteiger partial charge in [-0.05, 0) is 46.8 Å². The third-order valence-electron chi connectivity index (χ3n) is 3.41. The second kappa shape index (κ2) is 7.08. The van der Waals surface area contributed by atoms with Gasteiger partial charge in [-0.3, -0.25) is 4.79 Å². The van der Waals surface area contributed by atoms with Crippen molar-refractivity contribution in [2.45, 2.75) is 25.8 Å². The summed E-state index contributed by atoms with van der Waals surface area (Å²) < 4.78 is 1.05. The van der Waals surface area contributed by atoms with E-state index in [0.717, 1.165) is 21.5 Å². The average Bonchev–Trinajstić information content (AvgIpc) is 2.82. The molecule has 0 atom stereocenters. The van der Waals surface area contributed by atoms with Crippen LogP contribution < -0.4 is 5.32 Å². The minimum Gasteiger partial charge on any atom is -0.481 e. The van der Waals surface area contributed by atoms with Crippen molar-refractivity contribution in [2.24, 2.45) is 5.92 Å². The Morgan fingerprint density at radius 3 is 2.65 bits per heavy atom. The summed E-state index contributed by atoms with van der Waals surface area (Å²) in [7, 11) is 0. The number of carbonyl (C=O) groups is 2. The first-order chi connectivity index (χ1) is 9.54. The quantitative estimate of drug-likeness (QED) is 0.867. The normalized spacial score (nSPS) is 16.1. The second-order valence-electron chi connectivity index (χ2n) is 4.89. The van der Waals surface area contributed by atoms with Crippen molar-refractivity contribution in [3.8, 4) is 0 Å². The molecule has 1 fully saturated rings.